The molecule has 0 saturated heterocycles. The van der Waals surface area contributed by atoms with Gasteiger partial charge in [0.05, 0.1) is 7.11 Å². The van der Waals surface area contributed by atoms with Gasteiger partial charge in [-0.1, -0.05) is 18.9 Å². The molecule has 2 nitrogen and oxygen atoms in total. The van der Waals surface area contributed by atoms with Crippen LogP contribution in [0.2, 0.25) is 0 Å². The van der Waals surface area contributed by atoms with E-state index in [9.17, 15) is 0 Å². The molecule has 0 aliphatic heterocycles. The van der Waals surface area contributed by atoms with Gasteiger partial charge >= 0.3 is 0 Å². The first-order valence-electron chi connectivity index (χ1n) is 8.18. The third-order valence-electron chi connectivity index (χ3n) is 5.25. The van der Waals surface area contributed by atoms with E-state index >= 15 is 0 Å². The molecule has 1 fully saturated rings. The summed E-state index contributed by atoms with van der Waals surface area (Å²) in [7, 11) is 1.75. The second-order valence-electron chi connectivity index (χ2n) is 6.57. The van der Waals surface area contributed by atoms with Gasteiger partial charge < -0.3 is 10.1 Å². The first-order chi connectivity index (χ1) is 9.76. The van der Waals surface area contributed by atoms with Crippen LogP contribution in [0.15, 0.2) is 18.2 Å². The number of benzene rings is 1. The molecule has 0 amide bonds. The molecule has 2 aliphatic carbocycles. The lowest BCUT2D eigenvalue weighted by Crippen LogP contribution is -2.43. The number of hydrogen-bond acceptors (Lipinski definition) is 2. The second kappa shape index (κ2) is 6.17. The monoisotopic (exact) mass is 273 g/mol. The average molecular weight is 273 g/mol. The van der Waals surface area contributed by atoms with Crippen LogP contribution in [0.4, 0.5) is 0 Å². The maximum Gasteiger partial charge on any atom is 0.119 e. The van der Waals surface area contributed by atoms with Gasteiger partial charge in [-0.2, -0.15) is 0 Å². The molecule has 0 heterocycles. The third kappa shape index (κ3) is 3.01. The smallest absolute Gasteiger partial charge is 0.119 e. The Kier molecular flexibility index (Phi) is 4.30. The van der Waals surface area contributed by atoms with Crippen molar-refractivity contribution >= 4 is 0 Å². The van der Waals surface area contributed by atoms with Crippen molar-refractivity contribution < 1.29 is 4.74 Å². The second-order valence-corrected chi connectivity index (χ2v) is 6.57. The topological polar surface area (TPSA) is 21.3 Å². The minimum atomic E-state index is 0.644. The van der Waals surface area contributed by atoms with Gasteiger partial charge in [0.15, 0.2) is 0 Å². The summed E-state index contributed by atoms with van der Waals surface area (Å²) in [6, 6.07) is 7.88. The van der Waals surface area contributed by atoms with E-state index in [1.54, 1.807) is 7.11 Å². The Morgan fingerprint density at radius 2 is 1.95 bits per heavy atom. The zero-order chi connectivity index (χ0) is 13.9. The van der Waals surface area contributed by atoms with Crippen molar-refractivity contribution in [3.8, 4) is 5.75 Å². The summed E-state index contributed by atoms with van der Waals surface area (Å²) >= 11 is 0. The minimum Gasteiger partial charge on any atom is -0.497 e. The Balaban J connectivity index is 1.62. The zero-order valence-corrected chi connectivity index (χ0v) is 12.8. The lowest BCUT2D eigenvalue weighted by Gasteiger charge is -2.31. The van der Waals surface area contributed by atoms with Gasteiger partial charge in [-0.05, 0) is 68.2 Å². The summed E-state index contributed by atoms with van der Waals surface area (Å²) < 4.78 is 5.36. The standard InChI is InChI=1S/C18H27NO/c1-13(14-5-3-4-6-14)19-17-9-7-15-8-10-18(20-2)12-16(15)11-17/h8,10,12-14,17,19H,3-7,9,11H2,1-2H3/t13-,17?/m0/s1. The van der Waals surface area contributed by atoms with Crippen LogP contribution in [0.3, 0.4) is 0 Å². The van der Waals surface area contributed by atoms with E-state index in [0.29, 0.717) is 12.1 Å². The molecule has 1 aromatic carbocycles. The summed E-state index contributed by atoms with van der Waals surface area (Å²) in [5.41, 5.74) is 2.99. The molecule has 2 heteroatoms. The average Bonchev–Trinajstić information content (AvgIpc) is 3.00. The van der Waals surface area contributed by atoms with Crippen LogP contribution in [0.5, 0.6) is 5.75 Å². The molecular formula is C18H27NO. The Morgan fingerprint density at radius 3 is 2.70 bits per heavy atom. The van der Waals surface area contributed by atoms with Gasteiger partial charge in [0.2, 0.25) is 0 Å². The van der Waals surface area contributed by atoms with Crippen molar-refractivity contribution in [1.82, 2.24) is 5.32 Å². The highest BCUT2D eigenvalue weighted by atomic mass is 16.5. The molecule has 0 bridgehead atoms. The highest BCUT2D eigenvalue weighted by Gasteiger charge is 2.25. The molecule has 2 aliphatic rings. The maximum absolute atomic E-state index is 5.36. The van der Waals surface area contributed by atoms with Crippen molar-refractivity contribution in [1.29, 1.82) is 0 Å². The summed E-state index contributed by atoms with van der Waals surface area (Å²) in [4.78, 5) is 0. The zero-order valence-electron chi connectivity index (χ0n) is 12.8. The van der Waals surface area contributed by atoms with E-state index in [4.69, 9.17) is 4.74 Å². The molecule has 1 unspecified atom stereocenters. The lowest BCUT2D eigenvalue weighted by molar-refractivity contribution is 0.323. The van der Waals surface area contributed by atoms with E-state index in [1.165, 1.54) is 49.7 Å². The normalized spacial score (nSPS) is 24.4. The van der Waals surface area contributed by atoms with Gasteiger partial charge in [-0.15, -0.1) is 0 Å². The Morgan fingerprint density at radius 1 is 1.15 bits per heavy atom. The van der Waals surface area contributed by atoms with E-state index in [1.807, 2.05) is 0 Å². The number of ether oxygens (including phenoxy) is 1. The molecule has 1 aromatic rings. The van der Waals surface area contributed by atoms with Gasteiger partial charge in [0.1, 0.15) is 5.75 Å². The van der Waals surface area contributed by atoms with E-state index in [-0.39, 0.29) is 0 Å². The molecule has 20 heavy (non-hydrogen) atoms. The van der Waals surface area contributed by atoms with Gasteiger partial charge in [0.25, 0.3) is 0 Å². The number of rotatable bonds is 4. The summed E-state index contributed by atoms with van der Waals surface area (Å²) in [6.45, 7) is 2.39. The SMILES string of the molecule is COc1ccc2c(c1)CC(N[C@@H](C)C1CCCC1)CC2. The van der Waals surface area contributed by atoms with E-state index in [0.717, 1.165) is 18.1 Å². The highest BCUT2D eigenvalue weighted by molar-refractivity contribution is 5.37. The number of hydrogen-bond donors (Lipinski definition) is 1. The van der Waals surface area contributed by atoms with Crippen molar-refractivity contribution in [3.63, 3.8) is 0 Å². The number of fused-ring (bicyclic) bond motifs is 1. The largest absolute Gasteiger partial charge is 0.497 e. The quantitative estimate of drug-likeness (QED) is 0.902. The number of aryl methyl sites for hydroxylation is 1. The molecule has 1 N–H and O–H groups in total. The minimum absolute atomic E-state index is 0.644. The van der Waals surface area contributed by atoms with Crippen molar-refractivity contribution in [2.24, 2.45) is 5.92 Å². The molecular weight excluding hydrogens is 246 g/mol. The van der Waals surface area contributed by atoms with Gasteiger partial charge in [-0.25, -0.2) is 0 Å². The number of methoxy groups -OCH3 is 1. The molecule has 0 spiro atoms. The maximum atomic E-state index is 5.36. The molecule has 110 valence electrons. The molecule has 0 aromatic heterocycles. The Hall–Kier alpha value is -1.02. The number of nitrogens with one attached hydrogen (secondary N) is 1. The third-order valence-corrected chi connectivity index (χ3v) is 5.25. The summed E-state index contributed by atoms with van der Waals surface area (Å²) in [5, 5.41) is 3.90. The fraction of sp³-hybridized carbons (Fsp3) is 0.667. The molecule has 3 rings (SSSR count). The summed E-state index contributed by atoms with van der Waals surface area (Å²) in [6.07, 6.45) is 9.34. The first-order valence-corrected chi connectivity index (χ1v) is 8.18. The van der Waals surface area contributed by atoms with Crippen molar-refractivity contribution in [3.05, 3.63) is 29.3 Å². The molecule has 2 atom stereocenters. The van der Waals surface area contributed by atoms with Crippen LogP contribution >= 0.6 is 0 Å². The molecule has 0 radical (unpaired) electrons. The Bertz CT molecular complexity index is 451. The first kappa shape index (κ1) is 13.9. The van der Waals surface area contributed by atoms with E-state index < -0.39 is 0 Å². The van der Waals surface area contributed by atoms with Gasteiger partial charge in [0, 0.05) is 12.1 Å². The van der Waals surface area contributed by atoms with Gasteiger partial charge in [-0.3, -0.25) is 0 Å². The van der Waals surface area contributed by atoms with Crippen molar-refractivity contribution in [2.45, 2.75) is 64.0 Å². The predicted octanol–water partition coefficient (Wildman–Crippen LogP) is 3.72. The van der Waals surface area contributed by atoms with Crippen LogP contribution in [0.1, 0.15) is 50.2 Å². The van der Waals surface area contributed by atoms with Crippen LogP contribution in [0, 0.1) is 5.92 Å². The molecule has 1 saturated carbocycles. The predicted molar refractivity (Wildman–Crippen MR) is 83.4 cm³/mol. The highest BCUT2D eigenvalue weighted by Crippen LogP contribution is 2.30. The van der Waals surface area contributed by atoms with Crippen LogP contribution < -0.4 is 10.1 Å². The fourth-order valence-electron chi connectivity index (χ4n) is 3.97. The fourth-order valence-corrected chi connectivity index (χ4v) is 3.97. The van der Waals surface area contributed by atoms with Crippen LogP contribution in [-0.2, 0) is 12.8 Å². The lowest BCUT2D eigenvalue weighted by atomic mass is 9.87. The summed E-state index contributed by atoms with van der Waals surface area (Å²) in [5.74, 6) is 1.90. The van der Waals surface area contributed by atoms with Crippen molar-refractivity contribution in [2.75, 3.05) is 7.11 Å². The van der Waals surface area contributed by atoms with Crippen LogP contribution in [-0.4, -0.2) is 19.2 Å². The van der Waals surface area contributed by atoms with Crippen LogP contribution in [0.25, 0.3) is 0 Å². The Labute approximate surface area is 122 Å². The van der Waals surface area contributed by atoms with E-state index in [2.05, 4.69) is 30.4 Å².